The number of amides is 3. The molecular formula is C31H27F3N6O3S. The van der Waals surface area contributed by atoms with Gasteiger partial charge in [0.25, 0.3) is 0 Å². The van der Waals surface area contributed by atoms with Crippen molar-refractivity contribution in [3.8, 4) is 22.8 Å². The predicted octanol–water partition coefficient (Wildman–Crippen LogP) is 6.15. The van der Waals surface area contributed by atoms with Crippen LogP contribution in [0.4, 0.5) is 23.7 Å². The maximum Gasteiger partial charge on any atom is 0.573 e. The van der Waals surface area contributed by atoms with Gasteiger partial charge in [0.15, 0.2) is 11.0 Å². The Bertz CT molecular complexity index is 1770. The first-order chi connectivity index (χ1) is 21.0. The summed E-state index contributed by atoms with van der Waals surface area (Å²) < 4.78 is 42.7. The van der Waals surface area contributed by atoms with Crippen LogP contribution in [0, 0.1) is 13.8 Å². The Morgan fingerprint density at radius 2 is 1.86 bits per heavy atom. The zero-order valence-corrected chi connectivity index (χ0v) is 24.6. The number of aryl methyl sites for hydroxylation is 3. The number of hydrogen-bond acceptors (Lipinski definition) is 6. The summed E-state index contributed by atoms with van der Waals surface area (Å²) in [4.78, 5) is 35.8. The van der Waals surface area contributed by atoms with Crippen molar-refractivity contribution < 1.29 is 27.5 Å². The summed E-state index contributed by atoms with van der Waals surface area (Å²) >= 11 is 1.25. The maximum atomic E-state index is 12.9. The van der Waals surface area contributed by atoms with E-state index in [1.165, 1.54) is 51.9 Å². The Morgan fingerprint density at radius 1 is 1.07 bits per heavy atom. The van der Waals surface area contributed by atoms with Crippen LogP contribution in [-0.4, -0.2) is 50.0 Å². The molecule has 0 saturated carbocycles. The van der Waals surface area contributed by atoms with Gasteiger partial charge in [-0.05, 0) is 91.8 Å². The fourth-order valence-electron chi connectivity index (χ4n) is 5.27. The van der Waals surface area contributed by atoms with Gasteiger partial charge in [-0.3, -0.25) is 9.69 Å². The Hall–Kier alpha value is -4.65. The second-order valence-electron chi connectivity index (χ2n) is 10.6. The van der Waals surface area contributed by atoms with E-state index in [0.717, 1.165) is 39.9 Å². The van der Waals surface area contributed by atoms with E-state index in [1.54, 1.807) is 0 Å². The van der Waals surface area contributed by atoms with Crippen molar-refractivity contribution >= 4 is 34.6 Å². The number of amidine groups is 1. The molecule has 0 bridgehead atoms. The van der Waals surface area contributed by atoms with Gasteiger partial charge >= 0.3 is 12.4 Å². The average Bonchev–Trinajstić information content (AvgIpc) is 3.61. The smallest absolute Gasteiger partial charge is 0.406 e. The van der Waals surface area contributed by atoms with Gasteiger partial charge in [-0.1, -0.05) is 36.0 Å². The molecule has 3 amide bonds. The van der Waals surface area contributed by atoms with Crippen LogP contribution < -0.4 is 15.0 Å². The van der Waals surface area contributed by atoms with Crippen molar-refractivity contribution in [2.75, 3.05) is 10.7 Å². The first kappa shape index (κ1) is 29.4. The third-order valence-corrected chi connectivity index (χ3v) is 8.34. The molecule has 1 unspecified atom stereocenters. The van der Waals surface area contributed by atoms with Gasteiger partial charge in [-0.25, -0.2) is 14.5 Å². The van der Waals surface area contributed by atoms with Crippen molar-refractivity contribution in [3.05, 3.63) is 89.2 Å². The van der Waals surface area contributed by atoms with Crippen LogP contribution in [0.1, 0.15) is 28.7 Å². The number of alkyl halides is 3. The number of anilines is 1. The molecule has 1 aliphatic heterocycles. The molecule has 226 valence electrons. The van der Waals surface area contributed by atoms with E-state index in [4.69, 9.17) is 0 Å². The highest BCUT2D eigenvalue weighted by Crippen LogP contribution is 2.31. The number of carbonyl (C=O) groups excluding carboxylic acids is 2. The van der Waals surface area contributed by atoms with Gasteiger partial charge in [0.2, 0.25) is 5.91 Å². The summed E-state index contributed by atoms with van der Waals surface area (Å²) in [5.74, 6) is 0.289. The lowest BCUT2D eigenvalue weighted by Crippen LogP contribution is -2.38. The quantitative estimate of drug-likeness (QED) is 0.287. The lowest BCUT2D eigenvalue weighted by molar-refractivity contribution is -0.274. The molecule has 1 aromatic heterocycles. The van der Waals surface area contributed by atoms with Crippen LogP contribution >= 0.6 is 11.8 Å². The molecule has 1 atom stereocenters. The minimum atomic E-state index is -4.76. The van der Waals surface area contributed by atoms with Crippen LogP contribution in [0.2, 0.25) is 0 Å². The van der Waals surface area contributed by atoms with E-state index in [2.05, 4.69) is 25.1 Å². The highest BCUT2D eigenvalue weighted by molar-refractivity contribution is 8.15. The molecule has 9 nitrogen and oxygen atoms in total. The van der Waals surface area contributed by atoms with Crippen molar-refractivity contribution in [3.63, 3.8) is 0 Å². The minimum Gasteiger partial charge on any atom is -0.406 e. The lowest BCUT2D eigenvalue weighted by atomic mass is 9.87. The molecule has 1 saturated heterocycles. The molecule has 0 spiro atoms. The largest absolute Gasteiger partial charge is 0.573 e. The van der Waals surface area contributed by atoms with E-state index < -0.39 is 12.4 Å². The fraction of sp³-hybridized carbons (Fsp3) is 0.258. The molecule has 1 N–H and O–H groups in total. The zero-order chi connectivity index (χ0) is 31.0. The van der Waals surface area contributed by atoms with Gasteiger partial charge in [0, 0.05) is 11.6 Å². The molecule has 44 heavy (non-hydrogen) atoms. The molecule has 0 radical (unpaired) electrons. The number of halogens is 3. The van der Waals surface area contributed by atoms with E-state index in [1.807, 2.05) is 50.2 Å². The first-order valence-electron chi connectivity index (χ1n) is 13.8. The third kappa shape index (κ3) is 6.47. The van der Waals surface area contributed by atoms with E-state index in [0.29, 0.717) is 29.5 Å². The Kier molecular flexibility index (Phi) is 7.89. The van der Waals surface area contributed by atoms with E-state index in [-0.39, 0.29) is 23.5 Å². The number of ether oxygens (including phenoxy) is 1. The van der Waals surface area contributed by atoms with Gasteiger partial charge in [0.1, 0.15) is 12.1 Å². The summed E-state index contributed by atoms with van der Waals surface area (Å²) in [6.45, 7) is 3.88. The van der Waals surface area contributed by atoms with Crippen molar-refractivity contribution in [2.45, 2.75) is 45.5 Å². The average molecular weight is 621 g/mol. The van der Waals surface area contributed by atoms with Crippen molar-refractivity contribution in [1.82, 2.24) is 20.1 Å². The summed E-state index contributed by atoms with van der Waals surface area (Å²) in [7, 11) is 0. The van der Waals surface area contributed by atoms with Crippen molar-refractivity contribution in [2.24, 2.45) is 4.99 Å². The standard InChI is InChI=1S/C31H27F3N6O3S/c1-18-3-4-19(2)26(13-18)40-27(41)16-44-30(40)37-29(42)36-23-8-7-20-14-22(6-5-21(20)15-23)28-35-17-39(38-28)24-9-11-25(12-10-24)43-31(32,33)34/h3-6,9-14,17,23H,7-8,15-16H2,1-2H3,(H,36,42)/b37-30-. The SMILES string of the molecule is Cc1ccc(C)c(N2C(=O)CS/C2=N\C(=O)NC2CCc3cc(-c4ncn(-c5ccc(OC(F)(F)F)cc5)n4)ccc3C2)c1. The normalized spacial score (nSPS) is 17.6. The Labute approximate surface area is 255 Å². The van der Waals surface area contributed by atoms with Crippen LogP contribution in [0.3, 0.4) is 0 Å². The molecule has 1 aliphatic carbocycles. The molecule has 2 aliphatic rings. The Morgan fingerprint density at radius 3 is 2.64 bits per heavy atom. The minimum absolute atomic E-state index is 0.106. The van der Waals surface area contributed by atoms with Crippen LogP contribution in [0.5, 0.6) is 5.75 Å². The molecule has 4 aromatic rings. The lowest BCUT2D eigenvalue weighted by Gasteiger charge is -2.25. The molecule has 1 fully saturated rings. The van der Waals surface area contributed by atoms with Gasteiger partial charge < -0.3 is 10.1 Å². The number of thioether (sulfide) groups is 1. The number of rotatable bonds is 5. The maximum absolute atomic E-state index is 12.9. The van der Waals surface area contributed by atoms with E-state index in [9.17, 15) is 22.8 Å². The number of urea groups is 1. The first-order valence-corrected chi connectivity index (χ1v) is 14.8. The molecule has 13 heteroatoms. The molecule has 3 aromatic carbocycles. The highest BCUT2D eigenvalue weighted by Gasteiger charge is 2.32. The fourth-order valence-corrected chi connectivity index (χ4v) is 6.13. The van der Waals surface area contributed by atoms with Gasteiger partial charge in [-0.2, -0.15) is 4.99 Å². The number of aliphatic imine (C=N–C) groups is 1. The molecule has 2 heterocycles. The van der Waals surface area contributed by atoms with E-state index >= 15 is 0 Å². The number of aromatic nitrogens is 3. The van der Waals surface area contributed by atoms with Crippen LogP contribution in [0.25, 0.3) is 17.1 Å². The molecule has 6 rings (SSSR count). The summed E-state index contributed by atoms with van der Waals surface area (Å²) in [5, 5.41) is 7.87. The monoisotopic (exact) mass is 620 g/mol. The third-order valence-electron chi connectivity index (χ3n) is 7.42. The summed E-state index contributed by atoms with van der Waals surface area (Å²) in [5.41, 5.74) is 6.25. The van der Waals surface area contributed by atoms with Gasteiger partial charge in [-0.15, -0.1) is 18.3 Å². The summed E-state index contributed by atoms with van der Waals surface area (Å²) in [6.07, 6.45) is -1.18. The topological polar surface area (TPSA) is 102 Å². The number of nitrogens with zero attached hydrogens (tertiary/aromatic N) is 5. The van der Waals surface area contributed by atoms with Gasteiger partial charge in [0.05, 0.1) is 17.1 Å². The number of nitrogens with one attached hydrogen (secondary N) is 1. The van der Waals surface area contributed by atoms with Crippen LogP contribution in [0.15, 0.2) is 72.0 Å². The number of carbonyl (C=O) groups is 2. The second-order valence-corrected chi connectivity index (χ2v) is 11.6. The number of hydrogen-bond donors (Lipinski definition) is 1. The molecular weight excluding hydrogens is 593 g/mol. The zero-order valence-electron chi connectivity index (χ0n) is 23.8. The van der Waals surface area contributed by atoms with Crippen molar-refractivity contribution in [1.29, 1.82) is 0 Å². The predicted molar refractivity (Wildman–Crippen MR) is 161 cm³/mol. The number of fused-ring (bicyclic) bond motifs is 1. The highest BCUT2D eigenvalue weighted by atomic mass is 32.2. The number of benzene rings is 3. The van der Waals surface area contributed by atoms with Crippen LogP contribution in [-0.2, 0) is 17.6 Å². The second kappa shape index (κ2) is 11.8. The Balaban J connectivity index is 1.11. The summed E-state index contributed by atoms with van der Waals surface area (Å²) in [6, 6.07) is 16.6.